The molecule has 0 radical (unpaired) electrons. The third kappa shape index (κ3) is 3.32. The van der Waals surface area contributed by atoms with Gasteiger partial charge in [0.2, 0.25) is 0 Å². The van der Waals surface area contributed by atoms with Crippen molar-refractivity contribution in [2.75, 3.05) is 12.0 Å². The first-order valence-electron chi connectivity index (χ1n) is 8.60. The first-order valence-corrected chi connectivity index (χ1v) is 8.60. The molecule has 0 saturated carbocycles. The predicted molar refractivity (Wildman–Crippen MR) is 105 cm³/mol. The van der Waals surface area contributed by atoms with Gasteiger partial charge in [-0.15, -0.1) is 0 Å². The molecule has 0 fully saturated rings. The quantitative estimate of drug-likeness (QED) is 0.501. The molecule has 0 spiro atoms. The van der Waals surface area contributed by atoms with E-state index in [4.69, 9.17) is 4.74 Å². The second-order valence-corrected chi connectivity index (χ2v) is 6.32. The van der Waals surface area contributed by atoms with Crippen LogP contribution in [-0.4, -0.2) is 29.9 Å². The number of ketones is 1. The number of nitrogens with zero attached hydrogens (tertiary/aromatic N) is 1. The van der Waals surface area contributed by atoms with Crippen LogP contribution < -0.4 is 4.90 Å². The Balaban J connectivity index is 2.17. The minimum atomic E-state index is -0.655. The maximum absolute atomic E-state index is 13.2. The number of phenols is 1. The average Bonchev–Trinajstić information content (AvgIpc) is 2.93. The van der Waals surface area contributed by atoms with Crippen LogP contribution in [-0.2, 0) is 14.3 Å². The summed E-state index contributed by atoms with van der Waals surface area (Å²) in [5, 5.41) is 10.0. The van der Waals surface area contributed by atoms with E-state index >= 15 is 0 Å². The van der Waals surface area contributed by atoms with Crippen molar-refractivity contribution in [1.29, 1.82) is 0 Å². The van der Waals surface area contributed by atoms with Crippen molar-refractivity contribution in [3.8, 4) is 5.75 Å². The lowest BCUT2D eigenvalue weighted by molar-refractivity contribution is -0.136. The Bertz CT molecular complexity index is 1050. The van der Waals surface area contributed by atoms with E-state index in [0.717, 1.165) is 0 Å². The van der Waals surface area contributed by atoms with Crippen molar-refractivity contribution >= 4 is 29.4 Å². The van der Waals surface area contributed by atoms with Gasteiger partial charge >= 0.3 is 5.97 Å². The molecule has 0 saturated heterocycles. The van der Waals surface area contributed by atoms with Crippen LogP contribution in [0.1, 0.15) is 29.8 Å². The van der Waals surface area contributed by atoms with Crippen molar-refractivity contribution in [2.24, 2.45) is 0 Å². The molecule has 6 nitrogen and oxygen atoms in total. The van der Waals surface area contributed by atoms with Crippen LogP contribution in [0.5, 0.6) is 5.75 Å². The highest BCUT2D eigenvalue weighted by molar-refractivity contribution is 6.24. The Kier molecular flexibility index (Phi) is 5.13. The summed E-state index contributed by atoms with van der Waals surface area (Å²) in [5.74, 6) is -1.24. The molecule has 0 aliphatic carbocycles. The molecule has 0 unspecified atom stereocenters. The first-order chi connectivity index (χ1) is 13.3. The van der Waals surface area contributed by atoms with E-state index in [9.17, 15) is 19.5 Å². The number of para-hydroxylation sites is 1. The topological polar surface area (TPSA) is 83.9 Å². The number of carbonyl (C=O) groups excluding carboxylic acids is 3. The number of hydrogen-bond acceptors (Lipinski definition) is 5. The van der Waals surface area contributed by atoms with Gasteiger partial charge in [-0.3, -0.25) is 14.5 Å². The molecule has 1 N–H and O–H groups in total. The van der Waals surface area contributed by atoms with Crippen molar-refractivity contribution in [3.05, 3.63) is 76.5 Å². The molecule has 2 aromatic rings. The van der Waals surface area contributed by atoms with Crippen LogP contribution in [0, 0.1) is 0 Å². The molecule has 0 atom stereocenters. The number of amides is 1. The zero-order chi connectivity index (χ0) is 20.4. The lowest BCUT2D eigenvalue weighted by atomic mass is 10.0. The largest absolute Gasteiger partial charge is 0.507 e. The maximum atomic E-state index is 13.2. The van der Waals surface area contributed by atoms with E-state index < -0.39 is 11.9 Å². The average molecular weight is 377 g/mol. The Morgan fingerprint density at radius 2 is 1.82 bits per heavy atom. The number of Topliss-reactive ketones (excluding diaryl/α,β-unsaturated/α-hetero) is 1. The van der Waals surface area contributed by atoms with E-state index in [1.165, 1.54) is 31.1 Å². The number of rotatable bonds is 4. The van der Waals surface area contributed by atoms with Crippen LogP contribution in [0.2, 0.25) is 0 Å². The van der Waals surface area contributed by atoms with Crippen LogP contribution in [0.15, 0.2) is 65.4 Å². The van der Waals surface area contributed by atoms with Crippen LogP contribution in [0.25, 0.3) is 6.08 Å². The van der Waals surface area contributed by atoms with Gasteiger partial charge < -0.3 is 9.84 Å². The number of phenolic OH excluding ortho intramolecular Hbond substituents is 1. The smallest absolute Gasteiger partial charge is 0.340 e. The van der Waals surface area contributed by atoms with Gasteiger partial charge in [-0.2, -0.15) is 0 Å². The van der Waals surface area contributed by atoms with E-state index in [1.807, 2.05) is 0 Å². The highest BCUT2D eigenvalue weighted by atomic mass is 16.5. The summed E-state index contributed by atoms with van der Waals surface area (Å²) < 4.78 is 4.86. The molecule has 1 heterocycles. The molecule has 142 valence electrons. The number of anilines is 1. The fourth-order valence-electron chi connectivity index (χ4n) is 3.12. The normalized spacial score (nSPS) is 15.3. The molecule has 28 heavy (non-hydrogen) atoms. The fourth-order valence-corrected chi connectivity index (χ4v) is 3.12. The monoisotopic (exact) mass is 377 g/mol. The summed E-state index contributed by atoms with van der Waals surface area (Å²) in [6.07, 6.45) is 1.46. The van der Waals surface area contributed by atoms with Crippen molar-refractivity contribution in [3.63, 3.8) is 0 Å². The van der Waals surface area contributed by atoms with Gasteiger partial charge in [0, 0.05) is 22.5 Å². The highest BCUT2D eigenvalue weighted by Crippen LogP contribution is 2.36. The summed E-state index contributed by atoms with van der Waals surface area (Å²) in [4.78, 5) is 38.7. The molecule has 1 aliphatic rings. The number of ether oxygens (including phenoxy) is 1. The maximum Gasteiger partial charge on any atom is 0.340 e. The van der Waals surface area contributed by atoms with E-state index in [2.05, 4.69) is 0 Å². The van der Waals surface area contributed by atoms with Gasteiger partial charge in [0.05, 0.1) is 18.3 Å². The third-order valence-corrected chi connectivity index (χ3v) is 4.54. The number of allylic oxidation sites excluding steroid dienone is 1. The number of carbonyl (C=O) groups is 3. The van der Waals surface area contributed by atoms with Gasteiger partial charge in [-0.05, 0) is 38.1 Å². The minimum Gasteiger partial charge on any atom is -0.507 e. The fraction of sp³-hybridized carbons (Fsp3) is 0.136. The van der Waals surface area contributed by atoms with Gasteiger partial charge in [0.1, 0.15) is 5.75 Å². The lowest BCUT2D eigenvalue weighted by Crippen LogP contribution is -2.24. The zero-order valence-corrected chi connectivity index (χ0v) is 15.7. The molecule has 2 aromatic carbocycles. The summed E-state index contributed by atoms with van der Waals surface area (Å²) in [6.45, 7) is 3.08. The van der Waals surface area contributed by atoms with Gasteiger partial charge in [-0.25, -0.2) is 4.79 Å². The predicted octanol–water partition coefficient (Wildman–Crippen LogP) is 3.47. The zero-order valence-electron chi connectivity index (χ0n) is 15.7. The van der Waals surface area contributed by atoms with Crippen molar-refractivity contribution in [2.45, 2.75) is 13.8 Å². The van der Waals surface area contributed by atoms with Crippen molar-refractivity contribution in [1.82, 2.24) is 0 Å². The Morgan fingerprint density at radius 3 is 2.46 bits per heavy atom. The molecule has 6 heteroatoms. The molecule has 3 rings (SSSR count). The summed E-state index contributed by atoms with van der Waals surface area (Å²) in [7, 11) is 1.24. The standard InChI is InChI=1S/C22H19NO5/c1-13-20(22(27)28-3)18(12-16-7-4-5-10-19(16)25)21(26)23(13)17-9-6-8-15(11-17)14(2)24/h4-12,25H,1-3H3/b18-12-. The highest BCUT2D eigenvalue weighted by Gasteiger charge is 2.38. The summed E-state index contributed by atoms with van der Waals surface area (Å²) >= 11 is 0. The number of aromatic hydroxyl groups is 1. The SMILES string of the molecule is COC(=O)C1=C(C)N(c2cccc(C(C)=O)c2)C(=O)/C1=C\c1ccccc1O. The van der Waals surface area contributed by atoms with Crippen LogP contribution in [0.3, 0.4) is 0 Å². The first kappa shape index (κ1) is 19.1. The van der Waals surface area contributed by atoms with Gasteiger partial charge in [0.15, 0.2) is 5.78 Å². The number of esters is 1. The molecule has 0 aromatic heterocycles. The molecular weight excluding hydrogens is 358 g/mol. The number of methoxy groups -OCH3 is 1. The van der Waals surface area contributed by atoms with Crippen LogP contribution in [0.4, 0.5) is 5.69 Å². The Labute approximate surface area is 162 Å². The summed E-state index contributed by atoms with van der Waals surface area (Å²) in [6, 6.07) is 13.1. The number of benzene rings is 2. The Morgan fingerprint density at radius 1 is 1.11 bits per heavy atom. The molecule has 0 bridgehead atoms. The van der Waals surface area contributed by atoms with E-state index in [0.29, 0.717) is 22.5 Å². The molecular formula is C22H19NO5. The second kappa shape index (κ2) is 7.52. The third-order valence-electron chi connectivity index (χ3n) is 4.54. The Hall–Kier alpha value is -3.67. The second-order valence-electron chi connectivity index (χ2n) is 6.32. The lowest BCUT2D eigenvalue weighted by Gasteiger charge is -2.18. The van der Waals surface area contributed by atoms with E-state index in [-0.39, 0.29) is 22.7 Å². The molecule has 1 amide bonds. The van der Waals surface area contributed by atoms with Crippen LogP contribution >= 0.6 is 0 Å². The number of hydrogen-bond donors (Lipinski definition) is 1. The van der Waals surface area contributed by atoms with E-state index in [1.54, 1.807) is 49.4 Å². The van der Waals surface area contributed by atoms with Gasteiger partial charge in [0.25, 0.3) is 5.91 Å². The molecule has 1 aliphatic heterocycles. The minimum absolute atomic E-state index is 0.0123. The van der Waals surface area contributed by atoms with Gasteiger partial charge in [-0.1, -0.05) is 30.3 Å². The summed E-state index contributed by atoms with van der Waals surface area (Å²) in [5.41, 5.74) is 1.94. The van der Waals surface area contributed by atoms with Crippen molar-refractivity contribution < 1.29 is 24.2 Å².